The average molecular weight is 538 g/mol. The Balaban J connectivity index is 1.09. The molecule has 10 nitrogen and oxygen atoms in total. The van der Waals surface area contributed by atoms with E-state index in [0.29, 0.717) is 37.3 Å². The molecular formula is C27H31N5O5S. The van der Waals surface area contributed by atoms with E-state index in [9.17, 15) is 13.2 Å². The smallest absolute Gasteiger partial charge is 0.374 e. The van der Waals surface area contributed by atoms with Crippen LogP contribution < -0.4 is 0 Å². The summed E-state index contributed by atoms with van der Waals surface area (Å²) in [6, 6.07) is 17.1. The molecule has 5 rings (SSSR count). The van der Waals surface area contributed by atoms with Crippen LogP contribution in [0.25, 0.3) is 11.0 Å². The van der Waals surface area contributed by atoms with Gasteiger partial charge in [0.25, 0.3) is 0 Å². The lowest BCUT2D eigenvalue weighted by Gasteiger charge is -2.23. The van der Waals surface area contributed by atoms with Crippen molar-refractivity contribution in [1.82, 2.24) is 24.2 Å². The first-order valence-corrected chi connectivity index (χ1v) is 14.2. The molecule has 1 aliphatic rings. The number of carbonyl (C=O) groups is 1. The van der Waals surface area contributed by atoms with Gasteiger partial charge in [0.2, 0.25) is 15.8 Å². The fourth-order valence-corrected chi connectivity index (χ4v) is 6.45. The molecule has 0 radical (unpaired) electrons. The van der Waals surface area contributed by atoms with Gasteiger partial charge in [-0.05, 0) is 38.1 Å². The average Bonchev–Trinajstić information content (AvgIpc) is 3.59. The number of aromatic nitrogens is 3. The van der Waals surface area contributed by atoms with Gasteiger partial charge in [-0.3, -0.25) is 0 Å². The second kappa shape index (κ2) is 11.1. The van der Waals surface area contributed by atoms with E-state index in [2.05, 4.69) is 16.4 Å². The van der Waals surface area contributed by atoms with Crippen LogP contribution in [0.2, 0.25) is 0 Å². The third kappa shape index (κ3) is 6.12. The molecule has 1 fully saturated rings. The fraction of sp³-hybridized carbons (Fsp3) is 0.370. The van der Waals surface area contributed by atoms with Gasteiger partial charge in [0.15, 0.2) is 0 Å². The molecule has 38 heavy (non-hydrogen) atoms. The minimum atomic E-state index is -3.41. The molecule has 0 bridgehead atoms. The van der Waals surface area contributed by atoms with Crippen molar-refractivity contribution < 1.29 is 22.4 Å². The number of fused-ring (bicyclic) bond motifs is 1. The van der Waals surface area contributed by atoms with Crippen LogP contribution in [0.4, 0.5) is 0 Å². The van der Waals surface area contributed by atoms with Crippen LogP contribution in [-0.4, -0.2) is 77.1 Å². The lowest BCUT2D eigenvalue weighted by molar-refractivity contribution is 0.0453. The summed E-state index contributed by atoms with van der Waals surface area (Å²) >= 11 is 0. The quantitative estimate of drug-likeness (QED) is 0.224. The van der Waals surface area contributed by atoms with E-state index in [1.54, 1.807) is 23.0 Å². The topological polar surface area (TPSA) is 111 Å². The SMILES string of the molecule is Cc1cccc(Cn2cc(CN3CC(N(C)CCCOC(=O)c4cc5ccccc5o4)CS3(=O)=O)nn2)c1. The summed E-state index contributed by atoms with van der Waals surface area (Å²) in [6.45, 7) is 3.99. The highest BCUT2D eigenvalue weighted by atomic mass is 32.2. The Labute approximate surface area is 221 Å². The Morgan fingerprint density at radius 1 is 1.16 bits per heavy atom. The summed E-state index contributed by atoms with van der Waals surface area (Å²) in [5, 5.41) is 9.20. The molecule has 2 aromatic heterocycles. The molecule has 1 unspecified atom stereocenters. The highest BCUT2D eigenvalue weighted by Crippen LogP contribution is 2.21. The number of hydrogen-bond acceptors (Lipinski definition) is 8. The van der Waals surface area contributed by atoms with Crippen molar-refractivity contribution in [3.05, 3.63) is 83.4 Å². The number of rotatable bonds is 10. The number of esters is 1. The molecule has 0 saturated carbocycles. The molecule has 1 saturated heterocycles. The van der Waals surface area contributed by atoms with Crippen LogP contribution in [-0.2, 0) is 27.8 Å². The zero-order chi connectivity index (χ0) is 26.7. The van der Waals surface area contributed by atoms with Crippen LogP contribution in [0, 0.1) is 6.92 Å². The molecule has 11 heteroatoms. The number of carbonyl (C=O) groups excluding carboxylic acids is 1. The monoisotopic (exact) mass is 537 g/mol. The first-order valence-electron chi connectivity index (χ1n) is 12.6. The van der Waals surface area contributed by atoms with E-state index in [-0.39, 0.29) is 30.7 Å². The van der Waals surface area contributed by atoms with Crippen molar-refractivity contribution in [1.29, 1.82) is 0 Å². The number of likely N-dealkylation sites (N-methyl/N-ethyl adjacent to an activating group) is 1. The first kappa shape index (κ1) is 26.1. The first-order chi connectivity index (χ1) is 18.3. The van der Waals surface area contributed by atoms with Gasteiger partial charge >= 0.3 is 5.97 Å². The van der Waals surface area contributed by atoms with E-state index in [1.165, 1.54) is 9.87 Å². The Kier molecular flexibility index (Phi) is 7.59. The molecule has 0 spiro atoms. The van der Waals surface area contributed by atoms with Gasteiger partial charge in [-0.25, -0.2) is 17.9 Å². The number of nitrogens with zero attached hydrogens (tertiary/aromatic N) is 5. The van der Waals surface area contributed by atoms with Crippen molar-refractivity contribution in [3.63, 3.8) is 0 Å². The summed E-state index contributed by atoms with van der Waals surface area (Å²) < 4.78 is 39.8. The van der Waals surface area contributed by atoms with Crippen LogP contribution in [0.1, 0.15) is 33.8 Å². The normalized spacial score (nSPS) is 17.4. The maximum Gasteiger partial charge on any atom is 0.374 e. The molecule has 1 atom stereocenters. The molecule has 2 aromatic carbocycles. The lowest BCUT2D eigenvalue weighted by Crippen LogP contribution is -2.37. The van der Waals surface area contributed by atoms with Crippen LogP contribution in [0.5, 0.6) is 0 Å². The Morgan fingerprint density at radius 2 is 2.00 bits per heavy atom. The number of sulfonamides is 1. The highest BCUT2D eigenvalue weighted by Gasteiger charge is 2.38. The van der Waals surface area contributed by atoms with Gasteiger partial charge in [-0.1, -0.05) is 53.2 Å². The number of para-hydroxylation sites is 1. The molecular weight excluding hydrogens is 506 g/mol. The second-order valence-electron chi connectivity index (χ2n) is 9.74. The van der Waals surface area contributed by atoms with E-state index >= 15 is 0 Å². The van der Waals surface area contributed by atoms with Gasteiger partial charge in [0.05, 0.1) is 37.3 Å². The number of furan rings is 1. The predicted octanol–water partition coefficient (Wildman–Crippen LogP) is 3.07. The molecule has 1 aliphatic heterocycles. The number of ether oxygens (including phenoxy) is 1. The third-order valence-electron chi connectivity index (χ3n) is 6.70. The van der Waals surface area contributed by atoms with Gasteiger partial charge in [0, 0.05) is 24.5 Å². The zero-order valence-corrected chi connectivity index (χ0v) is 22.3. The lowest BCUT2D eigenvalue weighted by atomic mass is 10.1. The molecule has 4 aromatic rings. The van der Waals surface area contributed by atoms with E-state index in [1.807, 2.05) is 55.3 Å². The number of hydrogen-bond donors (Lipinski definition) is 0. The van der Waals surface area contributed by atoms with E-state index in [4.69, 9.17) is 9.15 Å². The van der Waals surface area contributed by atoms with Gasteiger partial charge in [-0.15, -0.1) is 5.10 Å². The van der Waals surface area contributed by atoms with Crippen LogP contribution in [0.3, 0.4) is 0 Å². The molecule has 0 amide bonds. The summed E-state index contributed by atoms with van der Waals surface area (Å²) in [6.07, 6.45) is 2.37. The van der Waals surface area contributed by atoms with Crippen molar-refractivity contribution in [3.8, 4) is 0 Å². The molecule has 0 aliphatic carbocycles. The summed E-state index contributed by atoms with van der Waals surface area (Å²) in [5.41, 5.74) is 3.53. The minimum Gasteiger partial charge on any atom is -0.460 e. The fourth-order valence-electron chi connectivity index (χ4n) is 4.66. The summed E-state index contributed by atoms with van der Waals surface area (Å²) in [5.74, 6) is -0.290. The van der Waals surface area contributed by atoms with Crippen LogP contribution >= 0.6 is 0 Å². The molecule has 3 heterocycles. The Bertz CT molecular complexity index is 1500. The van der Waals surface area contributed by atoms with Gasteiger partial charge in [-0.2, -0.15) is 4.31 Å². The predicted molar refractivity (Wildman–Crippen MR) is 142 cm³/mol. The number of aryl methyl sites for hydroxylation is 1. The highest BCUT2D eigenvalue weighted by molar-refractivity contribution is 7.89. The van der Waals surface area contributed by atoms with E-state index in [0.717, 1.165) is 10.9 Å². The second-order valence-corrected chi connectivity index (χ2v) is 11.8. The number of benzene rings is 2. The van der Waals surface area contributed by atoms with E-state index < -0.39 is 16.0 Å². The van der Waals surface area contributed by atoms with Crippen molar-refractivity contribution in [2.45, 2.75) is 32.5 Å². The zero-order valence-electron chi connectivity index (χ0n) is 21.5. The van der Waals surface area contributed by atoms with Crippen molar-refractivity contribution in [2.75, 3.05) is 32.5 Å². The Morgan fingerprint density at radius 3 is 2.82 bits per heavy atom. The van der Waals surface area contributed by atoms with Crippen molar-refractivity contribution in [2.24, 2.45) is 0 Å². The van der Waals surface area contributed by atoms with Crippen LogP contribution in [0.15, 0.2) is 65.2 Å². The summed E-state index contributed by atoms with van der Waals surface area (Å²) in [4.78, 5) is 14.3. The maximum atomic E-state index is 12.8. The van der Waals surface area contributed by atoms with Crippen molar-refractivity contribution >= 4 is 27.0 Å². The maximum absolute atomic E-state index is 12.8. The molecule has 0 N–H and O–H groups in total. The third-order valence-corrected chi connectivity index (χ3v) is 8.57. The molecule has 200 valence electrons. The van der Waals surface area contributed by atoms with Gasteiger partial charge in [0.1, 0.15) is 5.58 Å². The van der Waals surface area contributed by atoms with Gasteiger partial charge < -0.3 is 14.1 Å². The minimum absolute atomic E-state index is 0.0414. The standard InChI is InChI=1S/C27H31N5O5S/c1-20-7-5-8-21(13-20)15-31-16-23(28-29-31)17-32-18-24(19-38(32,34)35)30(2)11-6-12-36-27(33)26-14-22-9-3-4-10-25(22)37-26/h3-5,7-10,13-14,16,24H,6,11-12,15,17-19H2,1-2H3. The Hall–Kier alpha value is -3.54. The summed E-state index contributed by atoms with van der Waals surface area (Å²) in [7, 11) is -1.52. The largest absolute Gasteiger partial charge is 0.460 e.